The van der Waals surface area contributed by atoms with Crippen LogP contribution in [0.2, 0.25) is 0 Å². The van der Waals surface area contributed by atoms with Gasteiger partial charge in [0.2, 0.25) is 23.6 Å². The number of hydrogen-bond acceptors (Lipinski definition) is 12. The van der Waals surface area contributed by atoms with Gasteiger partial charge in [-0.15, -0.1) is 33.6 Å². The van der Waals surface area contributed by atoms with Gasteiger partial charge in [-0.2, -0.15) is 0 Å². The van der Waals surface area contributed by atoms with Gasteiger partial charge in [0.1, 0.15) is 11.0 Å². The lowest BCUT2D eigenvalue weighted by molar-refractivity contribution is 0.484. The average molecular weight is 855 g/mol. The van der Waals surface area contributed by atoms with E-state index in [1.165, 1.54) is 23.5 Å². The van der Waals surface area contributed by atoms with Gasteiger partial charge in [-0.05, 0) is 84.6 Å². The molecule has 258 valence electrons. The number of halogens is 2. The molecule has 0 N–H and O–H groups in total. The largest absolute Gasteiger partial charge is 0.431 e. The van der Waals surface area contributed by atoms with Gasteiger partial charge in [-0.1, -0.05) is 79.7 Å². The van der Waals surface area contributed by atoms with Crippen LogP contribution in [0.15, 0.2) is 135 Å². The Morgan fingerprint density at radius 3 is 1.75 bits per heavy atom. The Kier molecular flexibility index (Phi) is 9.95. The van der Waals surface area contributed by atoms with Gasteiger partial charge in [0.05, 0.1) is 11.5 Å². The number of fused-ring (bicyclic) bond motifs is 2. The molecule has 4 heterocycles. The first-order chi connectivity index (χ1) is 25.4. The maximum atomic E-state index is 6.40. The summed E-state index contributed by atoms with van der Waals surface area (Å²) in [5, 5.41) is 17.9. The Morgan fingerprint density at radius 2 is 1.17 bits per heavy atom. The second kappa shape index (κ2) is 15.1. The van der Waals surface area contributed by atoms with Crippen LogP contribution in [0.25, 0.3) is 56.2 Å². The minimum atomic E-state index is 0.395. The van der Waals surface area contributed by atoms with E-state index in [1.54, 1.807) is 0 Å². The van der Waals surface area contributed by atoms with Gasteiger partial charge < -0.3 is 17.7 Å². The van der Waals surface area contributed by atoms with Gasteiger partial charge in [-0.3, -0.25) is 0 Å². The van der Waals surface area contributed by atoms with Crippen LogP contribution in [-0.4, -0.2) is 30.4 Å². The van der Waals surface area contributed by atoms with E-state index in [-0.39, 0.29) is 0 Å². The fraction of sp³-hybridized carbons (Fsp3) is 0.105. The smallest absolute Gasteiger partial charge is 0.257 e. The third-order valence-corrected chi connectivity index (χ3v) is 10.5. The van der Waals surface area contributed by atoms with Gasteiger partial charge in [-0.25, -0.2) is 9.97 Å². The molecule has 0 amide bonds. The summed E-state index contributed by atoms with van der Waals surface area (Å²) in [6.07, 6.45) is 4.98. The van der Waals surface area contributed by atoms with Crippen LogP contribution in [0.4, 0.5) is 0 Å². The van der Waals surface area contributed by atoms with Crippen LogP contribution < -0.4 is 0 Å². The van der Waals surface area contributed by atoms with Gasteiger partial charge in [0, 0.05) is 31.2 Å². The van der Waals surface area contributed by atoms with Crippen molar-refractivity contribution in [3.05, 3.63) is 130 Å². The molecule has 14 heteroatoms. The van der Waals surface area contributed by atoms with Crippen molar-refractivity contribution in [1.29, 1.82) is 0 Å². The number of rotatable bonds is 13. The molecule has 10 nitrogen and oxygen atoms in total. The van der Waals surface area contributed by atoms with E-state index in [4.69, 9.17) is 27.6 Å². The van der Waals surface area contributed by atoms with Gasteiger partial charge in [0.25, 0.3) is 10.4 Å². The summed E-state index contributed by atoms with van der Waals surface area (Å²) in [5.74, 6) is 2.64. The molecule has 0 aliphatic heterocycles. The second-order valence-electron chi connectivity index (χ2n) is 11.5. The number of thioether (sulfide) groups is 2. The van der Waals surface area contributed by atoms with Crippen molar-refractivity contribution in [2.24, 2.45) is 0 Å². The molecule has 0 unspecified atom stereocenters. The fourth-order valence-corrected chi connectivity index (χ4v) is 7.72. The van der Waals surface area contributed by atoms with E-state index in [9.17, 15) is 0 Å². The Balaban J connectivity index is 1.07. The number of hydrogen-bond donors (Lipinski definition) is 0. The molecule has 0 aliphatic rings. The maximum Gasteiger partial charge on any atom is 0.257 e. The van der Waals surface area contributed by atoms with Gasteiger partial charge >= 0.3 is 0 Å². The molecule has 0 radical (unpaired) electrons. The zero-order valence-electron chi connectivity index (χ0n) is 27.2. The Morgan fingerprint density at radius 1 is 0.596 bits per heavy atom. The summed E-state index contributed by atoms with van der Waals surface area (Å²) in [4.78, 5) is 9.67. The van der Waals surface area contributed by atoms with Gasteiger partial charge in [0.15, 0.2) is 11.2 Å². The average Bonchev–Trinajstić information content (AvgIpc) is 3.96. The van der Waals surface area contributed by atoms with Crippen molar-refractivity contribution < 1.29 is 17.7 Å². The molecule has 4 aromatic carbocycles. The number of benzene rings is 4. The topological polar surface area (TPSA) is 130 Å². The van der Waals surface area contributed by atoms with E-state index in [1.807, 2.05) is 72.8 Å². The van der Waals surface area contributed by atoms with E-state index in [2.05, 4.69) is 77.5 Å². The zero-order valence-corrected chi connectivity index (χ0v) is 32.0. The number of allylic oxidation sites excluding steroid dienone is 2. The van der Waals surface area contributed by atoms with Crippen LogP contribution in [0.5, 0.6) is 0 Å². The van der Waals surface area contributed by atoms with Crippen molar-refractivity contribution in [2.45, 2.75) is 34.8 Å². The lowest BCUT2D eigenvalue weighted by Gasteiger charge is -2.08. The standard InChI is InChI=1S/C38H26Br2N6O4S2/c1-3-7-21-13-28(34-29(14-21)41-38(50-34)52-20-32-44-46-36(48-32)24-10-6-12-27(40)17-24)25-15-22(8-4-2)33-30(18-25)42-37(49-33)51-19-31-43-45-35(47-31)23-9-5-11-26(39)16-23/h3-6,9-18H,1-2,7-8,19-20H2. The lowest BCUT2D eigenvalue weighted by atomic mass is 9.97. The molecular weight excluding hydrogens is 828 g/mol. The molecule has 0 atom stereocenters. The minimum Gasteiger partial charge on any atom is -0.431 e. The molecule has 52 heavy (non-hydrogen) atoms. The summed E-state index contributed by atoms with van der Waals surface area (Å²) in [7, 11) is 0. The SMILES string of the molecule is C=CCc1cc(-c2cc(CC=C)c3oc(SCc4nnc(-c5cccc(Br)c5)o4)nc3c2)c2oc(SCc3nnc(-c4cccc(Br)c4)o3)nc2c1. The van der Waals surface area contributed by atoms with Crippen molar-refractivity contribution in [2.75, 3.05) is 0 Å². The van der Waals surface area contributed by atoms with Crippen LogP contribution in [-0.2, 0) is 24.3 Å². The summed E-state index contributed by atoms with van der Waals surface area (Å²) in [5.41, 5.74) is 8.30. The molecular formula is C38H26Br2N6O4S2. The van der Waals surface area contributed by atoms with Crippen LogP contribution in [0, 0.1) is 0 Å². The van der Waals surface area contributed by atoms with Crippen molar-refractivity contribution in [3.63, 3.8) is 0 Å². The van der Waals surface area contributed by atoms with Crippen molar-refractivity contribution >= 4 is 77.6 Å². The highest BCUT2D eigenvalue weighted by Gasteiger charge is 2.20. The number of aromatic nitrogens is 6. The maximum absolute atomic E-state index is 6.40. The third kappa shape index (κ3) is 7.42. The molecule has 0 saturated heterocycles. The van der Waals surface area contributed by atoms with Crippen LogP contribution in [0.3, 0.4) is 0 Å². The molecule has 8 aromatic rings. The van der Waals surface area contributed by atoms with Crippen LogP contribution in [0.1, 0.15) is 22.9 Å². The quantitative estimate of drug-likeness (QED) is 0.0808. The normalized spacial score (nSPS) is 11.5. The molecule has 4 aromatic heterocycles. The molecule has 0 bridgehead atoms. The molecule has 8 rings (SSSR count). The monoisotopic (exact) mass is 852 g/mol. The third-order valence-electron chi connectivity index (χ3n) is 7.85. The zero-order chi connectivity index (χ0) is 35.6. The van der Waals surface area contributed by atoms with Crippen molar-refractivity contribution in [1.82, 2.24) is 30.4 Å². The molecule has 0 aliphatic carbocycles. The summed E-state index contributed by atoms with van der Waals surface area (Å²) < 4.78 is 26.4. The molecule has 0 saturated carbocycles. The summed E-state index contributed by atoms with van der Waals surface area (Å²) in [6, 6.07) is 23.7. The summed E-state index contributed by atoms with van der Waals surface area (Å²) >= 11 is 9.75. The number of nitrogens with zero attached hydrogens (tertiary/aromatic N) is 6. The Bertz CT molecular complexity index is 2590. The second-order valence-corrected chi connectivity index (χ2v) is 15.2. The van der Waals surface area contributed by atoms with E-state index >= 15 is 0 Å². The first-order valence-electron chi connectivity index (χ1n) is 15.9. The highest BCUT2D eigenvalue weighted by molar-refractivity contribution is 9.10. The predicted octanol–water partition coefficient (Wildman–Crippen LogP) is 11.3. The minimum absolute atomic E-state index is 0.395. The first kappa shape index (κ1) is 34.3. The highest BCUT2D eigenvalue weighted by Crippen LogP contribution is 2.38. The first-order valence-corrected chi connectivity index (χ1v) is 19.5. The van der Waals surface area contributed by atoms with Crippen LogP contribution >= 0.6 is 55.4 Å². The fourth-order valence-electron chi connectivity index (χ4n) is 5.58. The Labute approximate surface area is 322 Å². The van der Waals surface area contributed by atoms with E-state index < -0.39 is 0 Å². The van der Waals surface area contributed by atoms with E-state index in [0.29, 0.717) is 75.0 Å². The summed E-state index contributed by atoms with van der Waals surface area (Å²) in [6.45, 7) is 7.93. The molecule has 0 fully saturated rings. The highest BCUT2D eigenvalue weighted by atomic mass is 79.9. The Hall–Kier alpha value is -4.76. The number of oxazole rings is 2. The van der Waals surface area contributed by atoms with E-state index in [0.717, 1.165) is 47.8 Å². The lowest BCUT2D eigenvalue weighted by Crippen LogP contribution is -1.89. The van der Waals surface area contributed by atoms with Crippen molar-refractivity contribution in [3.8, 4) is 34.0 Å². The molecule has 0 spiro atoms. The predicted molar refractivity (Wildman–Crippen MR) is 209 cm³/mol.